The van der Waals surface area contributed by atoms with Crippen molar-refractivity contribution in [2.75, 3.05) is 0 Å². The van der Waals surface area contributed by atoms with Crippen LogP contribution >= 0.6 is 0 Å². The summed E-state index contributed by atoms with van der Waals surface area (Å²) >= 11 is -2.58. The Kier molecular flexibility index (Phi) is 3.33. The molecule has 0 heterocycles. The molecule has 1 aromatic carbocycles. The second-order valence-corrected chi connectivity index (χ2v) is 2.56. The first-order valence-electron chi connectivity index (χ1n) is 3.18. The van der Waals surface area contributed by atoms with Crippen LogP contribution in [0.25, 0.3) is 0 Å². The molecule has 1 aromatic rings. The molecule has 0 aliphatic rings. The van der Waals surface area contributed by atoms with E-state index in [0.717, 1.165) is 0 Å². The predicted molar refractivity (Wildman–Crippen MR) is 43.8 cm³/mol. The van der Waals surface area contributed by atoms with E-state index in [1.165, 1.54) is 30.3 Å². The summed E-state index contributed by atoms with van der Waals surface area (Å²) in [5.74, 6) is 0.165. The molecule has 0 radical (unpaired) electrons. The van der Waals surface area contributed by atoms with Gasteiger partial charge in [-0.25, -0.2) is 9.00 Å². The molecule has 0 bridgehead atoms. The Hall–Kier alpha value is -1.49. The van der Waals surface area contributed by atoms with Gasteiger partial charge in [0.2, 0.25) is 6.08 Å². The maximum atomic E-state index is 10.1. The molecule has 0 aromatic heterocycles. The van der Waals surface area contributed by atoms with Gasteiger partial charge in [-0.1, -0.05) is 0 Å². The third kappa shape index (κ3) is 3.16. The van der Waals surface area contributed by atoms with E-state index < -0.39 is 11.4 Å². The highest BCUT2D eigenvalue weighted by Gasteiger charge is 1.93. The summed E-state index contributed by atoms with van der Waals surface area (Å²) in [4.78, 5) is 13.1. The highest BCUT2D eigenvalue weighted by Crippen LogP contribution is 2.17. The number of benzene rings is 1. The molecule has 0 aliphatic carbocycles. The van der Waals surface area contributed by atoms with Crippen molar-refractivity contribution in [2.24, 2.45) is 4.99 Å². The van der Waals surface area contributed by atoms with E-state index in [9.17, 15) is 13.6 Å². The fourth-order valence-corrected chi connectivity index (χ4v) is 0.976. The average Bonchev–Trinajstić information content (AvgIpc) is 2.08. The summed E-state index contributed by atoms with van der Waals surface area (Å²) < 4.78 is 24.5. The number of carbonyl (C=O) groups excluding carboxylic acids is 1. The fourth-order valence-electron chi connectivity index (χ4n) is 0.708. The van der Waals surface area contributed by atoms with Gasteiger partial charge < -0.3 is 8.74 Å². The van der Waals surface area contributed by atoms with Crippen molar-refractivity contribution in [3.05, 3.63) is 24.3 Å². The van der Waals surface area contributed by atoms with E-state index in [-0.39, 0.29) is 5.75 Å². The quantitative estimate of drug-likeness (QED) is 0.409. The number of hydrogen-bond donors (Lipinski definition) is 0. The zero-order chi connectivity index (χ0) is 9.68. The fraction of sp³-hybridized carbons (Fsp3) is 0. The van der Waals surface area contributed by atoms with E-state index in [2.05, 4.69) is 9.18 Å². The first-order valence-corrected chi connectivity index (χ1v) is 4.18. The summed E-state index contributed by atoms with van der Waals surface area (Å²) in [6.07, 6.45) is 1.36. The van der Waals surface area contributed by atoms with Gasteiger partial charge >= 0.3 is 0 Å². The van der Waals surface area contributed by atoms with Gasteiger partial charge in [-0.05, 0) is 24.3 Å². The SMILES string of the molecule is O=C=Nc1ccc(OS(=O)[O-])cc1. The van der Waals surface area contributed by atoms with Crippen LogP contribution in [0, 0.1) is 0 Å². The second-order valence-electron chi connectivity index (χ2n) is 1.98. The lowest BCUT2D eigenvalue weighted by Crippen LogP contribution is -1.96. The number of aliphatic imine (C=N–C) groups is 1. The number of hydrogen-bond acceptors (Lipinski definition) is 5. The minimum atomic E-state index is -2.58. The normalized spacial score (nSPS) is 11.5. The Morgan fingerprint density at radius 2 is 2.00 bits per heavy atom. The smallest absolute Gasteiger partial charge is 0.240 e. The van der Waals surface area contributed by atoms with Gasteiger partial charge in [0.1, 0.15) is 17.1 Å². The molecule has 0 spiro atoms. The van der Waals surface area contributed by atoms with Crippen LogP contribution in [0.4, 0.5) is 5.69 Å². The predicted octanol–water partition coefficient (Wildman–Crippen LogP) is 0.827. The van der Waals surface area contributed by atoms with Gasteiger partial charge in [0.25, 0.3) is 0 Å². The lowest BCUT2D eigenvalue weighted by Gasteiger charge is -2.05. The van der Waals surface area contributed by atoms with Crippen LogP contribution in [-0.2, 0) is 16.2 Å². The van der Waals surface area contributed by atoms with Gasteiger partial charge in [-0.15, -0.1) is 0 Å². The lowest BCUT2D eigenvalue weighted by molar-refractivity contribution is 0.440. The summed E-state index contributed by atoms with van der Waals surface area (Å²) in [6.45, 7) is 0. The molecule has 0 aliphatic heterocycles. The molecule has 1 unspecified atom stereocenters. The van der Waals surface area contributed by atoms with Crippen molar-refractivity contribution in [1.82, 2.24) is 0 Å². The molecule has 1 rings (SSSR count). The molecule has 13 heavy (non-hydrogen) atoms. The Morgan fingerprint density at radius 1 is 1.38 bits per heavy atom. The molecule has 0 N–H and O–H groups in total. The van der Waals surface area contributed by atoms with Gasteiger partial charge in [-0.3, -0.25) is 0 Å². The van der Waals surface area contributed by atoms with Crippen molar-refractivity contribution in [3.63, 3.8) is 0 Å². The third-order valence-corrected chi connectivity index (χ3v) is 1.50. The van der Waals surface area contributed by atoms with Crippen LogP contribution in [-0.4, -0.2) is 14.8 Å². The van der Waals surface area contributed by atoms with Crippen molar-refractivity contribution >= 4 is 23.1 Å². The first kappa shape index (κ1) is 9.60. The summed E-state index contributed by atoms with van der Waals surface area (Å²) in [7, 11) is 0. The standard InChI is InChI=1S/C7H5NO4S/c9-5-8-6-1-3-7(4-2-6)12-13(10)11/h1-4H,(H,10,11)/p-1. The summed E-state index contributed by atoms with van der Waals surface area (Å²) in [5.41, 5.74) is 0.388. The summed E-state index contributed by atoms with van der Waals surface area (Å²) in [5, 5.41) is 0. The van der Waals surface area contributed by atoms with E-state index in [1.54, 1.807) is 0 Å². The summed E-state index contributed by atoms with van der Waals surface area (Å²) in [6, 6.07) is 5.64. The largest absolute Gasteiger partial charge is 0.740 e. The van der Waals surface area contributed by atoms with Crippen molar-refractivity contribution < 1.29 is 17.7 Å². The monoisotopic (exact) mass is 198 g/mol. The zero-order valence-electron chi connectivity index (χ0n) is 6.30. The van der Waals surface area contributed by atoms with E-state index in [1.807, 2.05) is 0 Å². The van der Waals surface area contributed by atoms with Crippen LogP contribution < -0.4 is 4.18 Å². The highest BCUT2D eigenvalue weighted by atomic mass is 32.2. The molecule has 68 valence electrons. The van der Waals surface area contributed by atoms with E-state index in [0.29, 0.717) is 5.69 Å². The topological polar surface area (TPSA) is 78.8 Å². The van der Waals surface area contributed by atoms with Gasteiger partial charge in [0.05, 0.1) is 5.69 Å². The Labute approximate surface area is 76.6 Å². The van der Waals surface area contributed by atoms with E-state index in [4.69, 9.17) is 0 Å². The Morgan fingerprint density at radius 3 is 2.46 bits per heavy atom. The van der Waals surface area contributed by atoms with Gasteiger partial charge in [0, 0.05) is 0 Å². The van der Waals surface area contributed by atoms with Crippen molar-refractivity contribution in [1.29, 1.82) is 0 Å². The molecular weight excluding hydrogens is 194 g/mol. The molecule has 6 heteroatoms. The first-order chi connectivity index (χ1) is 6.22. The maximum absolute atomic E-state index is 10.1. The third-order valence-electron chi connectivity index (χ3n) is 1.18. The number of isocyanates is 1. The molecule has 0 saturated carbocycles. The van der Waals surface area contributed by atoms with Crippen LogP contribution in [0.15, 0.2) is 29.3 Å². The number of nitrogens with zero attached hydrogens (tertiary/aromatic N) is 1. The molecule has 1 atom stereocenters. The maximum Gasteiger partial charge on any atom is 0.240 e. The van der Waals surface area contributed by atoms with Gasteiger partial charge in [-0.2, -0.15) is 4.99 Å². The Balaban J connectivity index is 2.80. The number of rotatable bonds is 3. The molecule has 0 amide bonds. The van der Waals surface area contributed by atoms with Gasteiger partial charge in [0.15, 0.2) is 0 Å². The molecular formula is C7H4NO4S-. The zero-order valence-corrected chi connectivity index (χ0v) is 7.11. The van der Waals surface area contributed by atoms with Crippen molar-refractivity contribution in [3.8, 4) is 5.75 Å². The lowest BCUT2D eigenvalue weighted by atomic mass is 10.3. The molecule has 0 saturated heterocycles. The van der Waals surface area contributed by atoms with Crippen LogP contribution in [0.3, 0.4) is 0 Å². The molecule has 5 nitrogen and oxygen atoms in total. The Bertz CT molecular complexity index is 355. The second kappa shape index (κ2) is 4.51. The average molecular weight is 198 g/mol. The molecule has 0 fully saturated rings. The van der Waals surface area contributed by atoms with Crippen LogP contribution in [0.5, 0.6) is 5.75 Å². The van der Waals surface area contributed by atoms with E-state index >= 15 is 0 Å². The minimum Gasteiger partial charge on any atom is -0.740 e. The highest BCUT2D eigenvalue weighted by molar-refractivity contribution is 7.74. The van der Waals surface area contributed by atoms with Crippen molar-refractivity contribution in [2.45, 2.75) is 0 Å². The minimum absolute atomic E-state index is 0.165. The van der Waals surface area contributed by atoms with Crippen LogP contribution in [0.2, 0.25) is 0 Å². The van der Waals surface area contributed by atoms with Crippen LogP contribution in [0.1, 0.15) is 0 Å².